The van der Waals surface area contributed by atoms with Crippen LogP contribution in [0, 0.1) is 0 Å². The zero-order chi connectivity index (χ0) is 9.84. The summed E-state index contributed by atoms with van der Waals surface area (Å²) in [5, 5.41) is 9.51. The molecular weight excluding hydrogens is 172 g/mol. The molecule has 4 nitrogen and oxygen atoms in total. The van der Waals surface area contributed by atoms with Gasteiger partial charge >= 0.3 is 0 Å². The van der Waals surface area contributed by atoms with Crippen molar-refractivity contribution in [2.24, 2.45) is 0 Å². The van der Waals surface area contributed by atoms with E-state index < -0.39 is 6.10 Å². The van der Waals surface area contributed by atoms with Gasteiger partial charge in [-0.1, -0.05) is 0 Å². The zero-order valence-corrected chi connectivity index (χ0v) is 7.61. The van der Waals surface area contributed by atoms with Gasteiger partial charge < -0.3 is 14.6 Å². The average molecular weight is 184 g/mol. The molecule has 1 atom stereocenters. The molecule has 4 heteroatoms. The predicted octanol–water partition coefficient (Wildman–Crippen LogP) is 0.946. The summed E-state index contributed by atoms with van der Waals surface area (Å²) in [7, 11) is 2.91. The van der Waals surface area contributed by atoms with Crippen LogP contribution in [-0.2, 0) is 14.3 Å². The van der Waals surface area contributed by atoms with Crippen molar-refractivity contribution < 1.29 is 19.4 Å². The SMILES string of the molecule is COC1=C(O)C(OC)CC(C=O)=C1. The second-order valence-corrected chi connectivity index (χ2v) is 2.72. The molecule has 1 aliphatic rings. The molecule has 0 fully saturated rings. The summed E-state index contributed by atoms with van der Waals surface area (Å²) >= 11 is 0. The van der Waals surface area contributed by atoms with E-state index in [4.69, 9.17) is 9.47 Å². The van der Waals surface area contributed by atoms with E-state index in [-0.39, 0.29) is 5.76 Å². The minimum Gasteiger partial charge on any atom is -0.506 e. The lowest BCUT2D eigenvalue weighted by Crippen LogP contribution is -2.20. The van der Waals surface area contributed by atoms with Crippen LogP contribution >= 0.6 is 0 Å². The molecule has 0 saturated heterocycles. The van der Waals surface area contributed by atoms with Crippen LogP contribution < -0.4 is 0 Å². The highest BCUT2D eigenvalue weighted by Gasteiger charge is 2.23. The van der Waals surface area contributed by atoms with E-state index in [2.05, 4.69) is 0 Å². The number of carbonyl (C=O) groups excluding carboxylic acids is 1. The lowest BCUT2D eigenvalue weighted by molar-refractivity contribution is -0.105. The number of allylic oxidation sites excluding steroid dienone is 1. The van der Waals surface area contributed by atoms with Crippen LogP contribution in [0.5, 0.6) is 0 Å². The molecule has 0 aromatic heterocycles. The third-order valence-electron chi connectivity index (χ3n) is 1.95. The number of ether oxygens (including phenoxy) is 2. The Hall–Kier alpha value is -1.29. The molecule has 1 N–H and O–H groups in total. The lowest BCUT2D eigenvalue weighted by atomic mass is 10.0. The first kappa shape index (κ1) is 9.80. The normalized spacial score (nSPS) is 22.6. The van der Waals surface area contributed by atoms with Gasteiger partial charge in [0, 0.05) is 13.5 Å². The van der Waals surface area contributed by atoms with E-state index >= 15 is 0 Å². The standard InChI is InChI=1S/C9H12O4/c1-12-7-3-6(5-10)4-8(13-2)9(7)11/h3,5,8,11H,4H2,1-2H3. The summed E-state index contributed by atoms with van der Waals surface area (Å²) in [5.41, 5.74) is 0.557. The van der Waals surface area contributed by atoms with Gasteiger partial charge in [0.1, 0.15) is 12.4 Å². The van der Waals surface area contributed by atoms with Crippen LogP contribution in [0.15, 0.2) is 23.2 Å². The van der Waals surface area contributed by atoms with Crippen LogP contribution in [0.2, 0.25) is 0 Å². The van der Waals surface area contributed by atoms with Gasteiger partial charge in [-0.2, -0.15) is 0 Å². The van der Waals surface area contributed by atoms with Crippen LogP contribution in [0.25, 0.3) is 0 Å². The van der Waals surface area contributed by atoms with Crippen molar-refractivity contribution in [3.05, 3.63) is 23.2 Å². The summed E-state index contributed by atoms with van der Waals surface area (Å²) in [6, 6.07) is 0. The fourth-order valence-electron chi connectivity index (χ4n) is 1.21. The third-order valence-corrected chi connectivity index (χ3v) is 1.95. The largest absolute Gasteiger partial charge is 0.506 e. The number of hydrogen-bond donors (Lipinski definition) is 1. The number of hydrogen-bond acceptors (Lipinski definition) is 4. The Morgan fingerprint density at radius 2 is 2.31 bits per heavy atom. The Balaban J connectivity index is 2.97. The van der Waals surface area contributed by atoms with Crippen molar-refractivity contribution in [3.63, 3.8) is 0 Å². The molecule has 0 saturated carbocycles. The van der Waals surface area contributed by atoms with Crippen LogP contribution in [-0.4, -0.2) is 31.7 Å². The summed E-state index contributed by atoms with van der Waals surface area (Å²) in [6.07, 6.45) is 2.16. The van der Waals surface area contributed by atoms with E-state index in [1.807, 2.05) is 0 Å². The number of aliphatic hydroxyl groups excluding tert-OH is 1. The Morgan fingerprint density at radius 1 is 1.62 bits per heavy atom. The van der Waals surface area contributed by atoms with Crippen LogP contribution in [0.3, 0.4) is 0 Å². The molecule has 72 valence electrons. The molecule has 0 radical (unpaired) electrons. The van der Waals surface area contributed by atoms with Gasteiger partial charge in [-0.05, 0) is 11.6 Å². The lowest BCUT2D eigenvalue weighted by Gasteiger charge is -2.20. The van der Waals surface area contributed by atoms with E-state index in [0.717, 1.165) is 6.29 Å². The summed E-state index contributed by atoms with van der Waals surface area (Å²) in [4.78, 5) is 10.5. The summed E-state index contributed by atoms with van der Waals surface area (Å²) < 4.78 is 9.86. The second kappa shape index (κ2) is 4.09. The maximum atomic E-state index is 10.5. The quantitative estimate of drug-likeness (QED) is 0.663. The van der Waals surface area contributed by atoms with Gasteiger partial charge in [-0.3, -0.25) is 4.79 Å². The first-order valence-electron chi connectivity index (χ1n) is 3.88. The highest BCUT2D eigenvalue weighted by Crippen LogP contribution is 2.23. The Labute approximate surface area is 76.5 Å². The Bertz CT molecular complexity index is 265. The van der Waals surface area contributed by atoms with Crippen molar-refractivity contribution in [1.29, 1.82) is 0 Å². The Kier molecular flexibility index (Phi) is 3.08. The molecule has 0 spiro atoms. The monoisotopic (exact) mass is 184 g/mol. The average Bonchev–Trinajstić information content (AvgIpc) is 2.18. The van der Waals surface area contributed by atoms with Gasteiger partial charge in [0.05, 0.1) is 7.11 Å². The molecule has 0 aromatic rings. The summed E-state index contributed by atoms with van der Waals surface area (Å²) in [6.45, 7) is 0. The van der Waals surface area contributed by atoms with Crippen molar-refractivity contribution in [3.8, 4) is 0 Å². The maximum absolute atomic E-state index is 10.5. The van der Waals surface area contributed by atoms with Gasteiger partial charge in [0.2, 0.25) is 0 Å². The topological polar surface area (TPSA) is 55.8 Å². The maximum Gasteiger partial charge on any atom is 0.164 e. The van der Waals surface area contributed by atoms with Crippen molar-refractivity contribution in [2.45, 2.75) is 12.5 Å². The highest BCUT2D eigenvalue weighted by atomic mass is 16.5. The number of aliphatic hydroxyl groups is 1. The first-order chi connectivity index (χ1) is 6.22. The van der Waals surface area contributed by atoms with Crippen LogP contribution in [0.1, 0.15) is 6.42 Å². The third kappa shape index (κ3) is 1.89. The number of carbonyl (C=O) groups is 1. The summed E-state index contributed by atoms with van der Waals surface area (Å²) in [5.74, 6) is 0.329. The van der Waals surface area contributed by atoms with Crippen molar-refractivity contribution >= 4 is 6.29 Å². The molecule has 0 heterocycles. The molecule has 0 amide bonds. The van der Waals surface area contributed by atoms with Gasteiger partial charge in [0.15, 0.2) is 11.5 Å². The van der Waals surface area contributed by atoms with Crippen molar-refractivity contribution in [1.82, 2.24) is 0 Å². The molecule has 1 rings (SSSR count). The van der Waals surface area contributed by atoms with Gasteiger partial charge in [-0.25, -0.2) is 0 Å². The molecule has 0 aromatic carbocycles. The predicted molar refractivity (Wildman–Crippen MR) is 46.2 cm³/mol. The van der Waals surface area contributed by atoms with Crippen molar-refractivity contribution in [2.75, 3.05) is 14.2 Å². The molecule has 13 heavy (non-hydrogen) atoms. The first-order valence-corrected chi connectivity index (χ1v) is 3.88. The van der Waals surface area contributed by atoms with E-state index in [0.29, 0.717) is 17.8 Å². The van der Waals surface area contributed by atoms with Gasteiger partial charge in [0.25, 0.3) is 0 Å². The molecule has 1 aliphatic carbocycles. The second-order valence-electron chi connectivity index (χ2n) is 2.72. The minimum absolute atomic E-state index is 0.0376. The van der Waals surface area contributed by atoms with E-state index in [1.54, 1.807) is 0 Å². The Morgan fingerprint density at radius 3 is 2.77 bits per heavy atom. The molecule has 1 unspecified atom stereocenters. The molecule has 0 aliphatic heterocycles. The number of methoxy groups -OCH3 is 2. The smallest absolute Gasteiger partial charge is 0.164 e. The van der Waals surface area contributed by atoms with Crippen LogP contribution in [0.4, 0.5) is 0 Å². The number of rotatable bonds is 3. The highest BCUT2D eigenvalue weighted by molar-refractivity contribution is 5.75. The number of aldehydes is 1. The fourth-order valence-corrected chi connectivity index (χ4v) is 1.21. The van der Waals surface area contributed by atoms with Gasteiger partial charge in [-0.15, -0.1) is 0 Å². The zero-order valence-electron chi connectivity index (χ0n) is 7.61. The van der Waals surface area contributed by atoms with E-state index in [9.17, 15) is 9.90 Å². The minimum atomic E-state index is -0.472. The fraction of sp³-hybridized carbons (Fsp3) is 0.444. The van der Waals surface area contributed by atoms with E-state index in [1.165, 1.54) is 20.3 Å². The molecular formula is C9H12O4. The molecule has 0 bridgehead atoms.